The van der Waals surface area contributed by atoms with Gasteiger partial charge in [-0.05, 0) is 88.9 Å². The summed E-state index contributed by atoms with van der Waals surface area (Å²) in [5.74, 6) is -0.0292. The van der Waals surface area contributed by atoms with Gasteiger partial charge in [0.25, 0.3) is 11.8 Å². The molecule has 0 radical (unpaired) electrons. The standard InChI is InChI=1S/C34H29BrN2O6/c1-3-41-30-19-25(18-29(35)31(30)43-21-23-7-5-4-6-8-23)17-28-32(38)36-34(40)37(33(28)39)26-13-15-27(16-14-26)42-20-24-11-9-22(2)10-12-24/h4-19H,3,20-21H2,1-2H3,(H,36,38,40)/b28-17+. The molecule has 4 aromatic rings. The lowest BCUT2D eigenvalue weighted by atomic mass is 10.1. The summed E-state index contributed by atoms with van der Waals surface area (Å²) in [6.45, 7) is 4.94. The molecule has 4 aromatic carbocycles. The molecule has 0 spiro atoms. The van der Waals surface area contributed by atoms with Crippen molar-refractivity contribution in [3.8, 4) is 17.2 Å². The summed E-state index contributed by atoms with van der Waals surface area (Å²) < 4.78 is 18.3. The lowest BCUT2D eigenvalue weighted by Crippen LogP contribution is -2.54. The van der Waals surface area contributed by atoms with Crippen molar-refractivity contribution < 1.29 is 28.6 Å². The van der Waals surface area contributed by atoms with Gasteiger partial charge in [-0.2, -0.15) is 0 Å². The molecular formula is C34H29BrN2O6. The molecule has 5 rings (SSSR count). The molecule has 0 aliphatic carbocycles. The van der Waals surface area contributed by atoms with Gasteiger partial charge in [-0.25, -0.2) is 9.69 Å². The van der Waals surface area contributed by atoms with Crippen molar-refractivity contribution in [3.05, 3.63) is 123 Å². The highest BCUT2D eigenvalue weighted by molar-refractivity contribution is 9.10. The maximum Gasteiger partial charge on any atom is 0.335 e. The van der Waals surface area contributed by atoms with Crippen LogP contribution in [0.4, 0.5) is 10.5 Å². The van der Waals surface area contributed by atoms with E-state index < -0.39 is 17.8 Å². The monoisotopic (exact) mass is 640 g/mol. The van der Waals surface area contributed by atoms with E-state index in [-0.39, 0.29) is 5.57 Å². The normalized spacial score (nSPS) is 14.1. The van der Waals surface area contributed by atoms with Crippen LogP contribution in [0, 0.1) is 6.92 Å². The quantitative estimate of drug-likeness (QED) is 0.148. The molecule has 1 heterocycles. The minimum atomic E-state index is -0.832. The van der Waals surface area contributed by atoms with E-state index in [1.165, 1.54) is 6.08 Å². The Bertz CT molecular complexity index is 1670. The number of halogens is 1. The predicted octanol–water partition coefficient (Wildman–Crippen LogP) is 6.98. The van der Waals surface area contributed by atoms with Gasteiger partial charge in [0, 0.05) is 0 Å². The number of hydrogen-bond acceptors (Lipinski definition) is 6. The molecule has 4 amide bonds. The zero-order valence-electron chi connectivity index (χ0n) is 23.6. The van der Waals surface area contributed by atoms with Crippen LogP contribution in [-0.4, -0.2) is 24.5 Å². The number of urea groups is 1. The molecule has 9 heteroatoms. The van der Waals surface area contributed by atoms with Crippen LogP contribution in [0.3, 0.4) is 0 Å². The van der Waals surface area contributed by atoms with Crippen molar-refractivity contribution in [3.63, 3.8) is 0 Å². The fourth-order valence-corrected chi connectivity index (χ4v) is 4.98. The molecule has 1 aliphatic rings. The predicted molar refractivity (Wildman–Crippen MR) is 167 cm³/mol. The fraction of sp³-hybridized carbons (Fsp3) is 0.147. The van der Waals surface area contributed by atoms with E-state index in [4.69, 9.17) is 14.2 Å². The van der Waals surface area contributed by atoms with Gasteiger partial charge >= 0.3 is 6.03 Å². The van der Waals surface area contributed by atoms with Crippen LogP contribution >= 0.6 is 15.9 Å². The maximum absolute atomic E-state index is 13.5. The second-order valence-electron chi connectivity index (χ2n) is 9.76. The topological polar surface area (TPSA) is 94.2 Å². The lowest BCUT2D eigenvalue weighted by Gasteiger charge is -2.26. The first kappa shape index (κ1) is 29.6. The first-order chi connectivity index (χ1) is 20.8. The number of rotatable bonds is 10. The van der Waals surface area contributed by atoms with Crippen molar-refractivity contribution in [2.24, 2.45) is 0 Å². The van der Waals surface area contributed by atoms with Gasteiger partial charge in [0.05, 0.1) is 16.8 Å². The second-order valence-corrected chi connectivity index (χ2v) is 10.6. The van der Waals surface area contributed by atoms with Crippen LogP contribution in [0.15, 0.2) is 101 Å². The zero-order chi connectivity index (χ0) is 30.3. The molecule has 8 nitrogen and oxygen atoms in total. The number of nitrogens with zero attached hydrogens (tertiary/aromatic N) is 1. The van der Waals surface area contributed by atoms with Crippen LogP contribution in [0.2, 0.25) is 0 Å². The number of hydrogen-bond donors (Lipinski definition) is 1. The van der Waals surface area contributed by atoms with Crippen molar-refractivity contribution in [2.45, 2.75) is 27.1 Å². The summed E-state index contributed by atoms with van der Waals surface area (Å²) in [5.41, 5.74) is 3.77. The lowest BCUT2D eigenvalue weighted by molar-refractivity contribution is -0.122. The van der Waals surface area contributed by atoms with E-state index in [1.807, 2.05) is 68.4 Å². The maximum atomic E-state index is 13.5. The summed E-state index contributed by atoms with van der Waals surface area (Å²) in [4.78, 5) is 39.9. The van der Waals surface area contributed by atoms with Crippen molar-refractivity contribution in [1.29, 1.82) is 0 Å². The molecule has 0 atom stereocenters. The van der Waals surface area contributed by atoms with E-state index in [9.17, 15) is 14.4 Å². The smallest absolute Gasteiger partial charge is 0.335 e. The minimum absolute atomic E-state index is 0.202. The van der Waals surface area contributed by atoms with Gasteiger partial charge in [0.15, 0.2) is 11.5 Å². The third kappa shape index (κ3) is 7.13. The van der Waals surface area contributed by atoms with Crippen LogP contribution in [-0.2, 0) is 22.8 Å². The molecular weight excluding hydrogens is 612 g/mol. The molecule has 0 aromatic heterocycles. The Kier molecular flexibility index (Phi) is 9.22. The Morgan fingerprint density at radius 2 is 1.49 bits per heavy atom. The molecule has 43 heavy (non-hydrogen) atoms. The first-order valence-corrected chi connectivity index (χ1v) is 14.4. The number of amides is 4. The number of carbonyl (C=O) groups is 3. The Morgan fingerprint density at radius 3 is 2.19 bits per heavy atom. The van der Waals surface area contributed by atoms with E-state index in [0.29, 0.717) is 52.8 Å². The van der Waals surface area contributed by atoms with Gasteiger partial charge in [-0.3, -0.25) is 14.9 Å². The molecule has 1 fully saturated rings. The molecule has 1 saturated heterocycles. The number of imide groups is 2. The first-order valence-electron chi connectivity index (χ1n) is 13.7. The average molecular weight is 642 g/mol. The van der Waals surface area contributed by atoms with Gasteiger partial charge < -0.3 is 14.2 Å². The van der Waals surface area contributed by atoms with Gasteiger partial charge in [-0.15, -0.1) is 0 Å². The summed E-state index contributed by atoms with van der Waals surface area (Å²) >= 11 is 3.54. The molecule has 0 unspecified atom stereocenters. The highest BCUT2D eigenvalue weighted by atomic mass is 79.9. The van der Waals surface area contributed by atoms with Crippen LogP contribution < -0.4 is 24.4 Å². The molecule has 218 valence electrons. The molecule has 0 bridgehead atoms. The molecule has 1 N–H and O–H groups in total. The summed E-state index contributed by atoms with van der Waals surface area (Å²) in [6.07, 6.45) is 1.42. The van der Waals surface area contributed by atoms with Crippen LogP contribution in [0.5, 0.6) is 17.2 Å². The van der Waals surface area contributed by atoms with E-state index in [0.717, 1.165) is 21.6 Å². The van der Waals surface area contributed by atoms with E-state index >= 15 is 0 Å². The van der Waals surface area contributed by atoms with Crippen LogP contribution in [0.25, 0.3) is 6.08 Å². The minimum Gasteiger partial charge on any atom is -0.490 e. The average Bonchev–Trinajstić information content (AvgIpc) is 3.00. The molecule has 1 aliphatic heterocycles. The highest BCUT2D eigenvalue weighted by Crippen LogP contribution is 2.38. The Morgan fingerprint density at radius 1 is 0.814 bits per heavy atom. The molecule has 0 saturated carbocycles. The number of anilines is 1. The van der Waals surface area contributed by atoms with E-state index in [2.05, 4.69) is 21.2 Å². The zero-order valence-corrected chi connectivity index (χ0v) is 25.2. The van der Waals surface area contributed by atoms with Gasteiger partial charge in [0.2, 0.25) is 0 Å². The third-order valence-electron chi connectivity index (χ3n) is 6.59. The number of ether oxygens (including phenoxy) is 3. The van der Waals surface area contributed by atoms with Gasteiger partial charge in [0.1, 0.15) is 24.5 Å². The van der Waals surface area contributed by atoms with E-state index in [1.54, 1.807) is 36.4 Å². The largest absolute Gasteiger partial charge is 0.490 e. The summed E-state index contributed by atoms with van der Waals surface area (Å²) in [7, 11) is 0. The van der Waals surface area contributed by atoms with Crippen molar-refractivity contribution in [1.82, 2.24) is 5.32 Å². The van der Waals surface area contributed by atoms with Crippen molar-refractivity contribution in [2.75, 3.05) is 11.5 Å². The number of aryl methyl sites for hydroxylation is 1. The Balaban J connectivity index is 1.35. The summed E-state index contributed by atoms with van der Waals surface area (Å²) in [5, 5.41) is 2.26. The highest BCUT2D eigenvalue weighted by Gasteiger charge is 2.37. The fourth-order valence-electron chi connectivity index (χ4n) is 4.41. The second kappa shape index (κ2) is 13.4. The van der Waals surface area contributed by atoms with Crippen LogP contribution in [0.1, 0.15) is 29.2 Å². The number of carbonyl (C=O) groups excluding carboxylic acids is 3. The number of barbiturate groups is 1. The van der Waals surface area contributed by atoms with Crippen molar-refractivity contribution >= 4 is 45.5 Å². The summed E-state index contributed by atoms with van der Waals surface area (Å²) in [6, 6.07) is 26.8. The van der Waals surface area contributed by atoms with Gasteiger partial charge in [-0.1, -0.05) is 60.2 Å². The third-order valence-corrected chi connectivity index (χ3v) is 7.18. The Hall–Kier alpha value is -4.89. The Labute approximate surface area is 258 Å². The number of benzene rings is 4. The number of nitrogens with one attached hydrogen (secondary N) is 1. The SMILES string of the molecule is CCOc1cc(/C=C2\C(=O)NC(=O)N(c3ccc(OCc4ccc(C)cc4)cc3)C2=O)cc(Br)c1OCc1ccccc1.